The maximum atomic E-state index is 14.2. The molecule has 76 heavy (non-hydrogen) atoms. The standard InChI is InChI=1S/C66H107N3O7/c1-6-8-10-11-12-13-14-15-17-20-23-35-45-61(73-50-58-41-31-27-32-42-58)64(74-51-59-43-33-28-34-44-59)60(52-75-65-56(5)54(3)55(4)62(76-65)53-72-49-57-39-29-26-30-40-57)69-63(70)46-36-24-21-18-16-19-22-25-38-48-68-66(71)67-47-37-9-7-2/h26-34,39-44,54-56,60-62,64-65H,6-25,35-38,45-53H2,1-5H3,(H,69,70)(H2,67,68,71)/t54-,55+,56?,60-,61+,62?,64-,65-/m0/s1. The zero-order valence-corrected chi connectivity index (χ0v) is 48.5. The van der Waals surface area contributed by atoms with Crippen LogP contribution >= 0.6 is 0 Å². The van der Waals surface area contributed by atoms with Crippen molar-refractivity contribution in [3.8, 4) is 0 Å². The fourth-order valence-electron chi connectivity index (χ4n) is 10.5. The van der Waals surface area contributed by atoms with Crippen LogP contribution in [0.4, 0.5) is 4.79 Å². The van der Waals surface area contributed by atoms with Gasteiger partial charge in [-0.2, -0.15) is 0 Å². The lowest BCUT2D eigenvalue weighted by atomic mass is 9.79. The van der Waals surface area contributed by atoms with Gasteiger partial charge in [0.25, 0.3) is 0 Å². The Morgan fingerprint density at radius 2 is 0.961 bits per heavy atom. The average molecular weight is 1050 g/mol. The van der Waals surface area contributed by atoms with Gasteiger partial charge >= 0.3 is 6.03 Å². The summed E-state index contributed by atoms with van der Waals surface area (Å²) in [4.78, 5) is 26.2. The van der Waals surface area contributed by atoms with E-state index in [0.29, 0.717) is 38.8 Å². The molecule has 1 heterocycles. The summed E-state index contributed by atoms with van der Waals surface area (Å²) in [7, 11) is 0. The first kappa shape index (κ1) is 64.7. The van der Waals surface area contributed by atoms with E-state index >= 15 is 0 Å². The van der Waals surface area contributed by atoms with Crippen molar-refractivity contribution >= 4 is 11.9 Å². The highest BCUT2D eigenvalue weighted by Crippen LogP contribution is 2.36. The van der Waals surface area contributed by atoms with E-state index < -0.39 is 18.4 Å². The first-order chi connectivity index (χ1) is 37.3. The fourth-order valence-corrected chi connectivity index (χ4v) is 10.5. The van der Waals surface area contributed by atoms with Crippen LogP contribution in [0.2, 0.25) is 0 Å². The largest absolute Gasteiger partial charge is 0.374 e. The van der Waals surface area contributed by atoms with Gasteiger partial charge in [0.1, 0.15) is 6.10 Å². The number of benzene rings is 3. The van der Waals surface area contributed by atoms with Gasteiger partial charge in [0, 0.05) is 25.4 Å². The van der Waals surface area contributed by atoms with Gasteiger partial charge in [0.15, 0.2) is 6.29 Å². The summed E-state index contributed by atoms with van der Waals surface area (Å²) in [5, 5.41) is 9.44. The Labute approximate surface area is 463 Å². The number of amides is 3. The first-order valence-electron chi connectivity index (χ1n) is 30.8. The Hall–Kier alpha value is -3.80. The van der Waals surface area contributed by atoms with Crippen molar-refractivity contribution in [1.82, 2.24) is 16.0 Å². The molecule has 8 atom stereocenters. The van der Waals surface area contributed by atoms with Crippen molar-refractivity contribution in [3.05, 3.63) is 108 Å². The molecule has 1 aliphatic rings. The van der Waals surface area contributed by atoms with Gasteiger partial charge in [0.2, 0.25) is 5.91 Å². The summed E-state index contributed by atoms with van der Waals surface area (Å²) in [5.41, 5.74) is 3.33. The first-order valence-corrected chi connectivity index (χ1v) is 30.8. The van der Waals surface area contributed by atoms with Crippen molar-refractivity contribution in [2.45, 2.75) is 252 Å². The van der Waals surface area contributed by atoms with Crippen molar-refractivity contribution in [2.75, 3.05) is 26.3 Å². The molecule has 3 amide bonds. The molecule has 2 unspecified atom stereocenters. The summed E-state index contributed by atoms with van der Waals surface area (Å²) >= 11 is 0. The monoisotopic (exact) mass is 1050 g/mol. The van der Waals surface area contributed by atoms with Gasteiger partial charge in [-0.05, 0) is 54.2 Å². The topological polar surface area (TPSA) is 116 Å². The molecule has 0 bridgehead atoms. The van der Waals surface area contributed by atoms with Crippen LogP contribution in [0.25, 0.3) is 0 Å². The Bertz CT molecular complexity index is 1840. The molecule has 10 nitrogen and oxygen atoms in total. The highest BCUT2D eigenvalue weighted by Gasteiger charge is 2.41. The van der Waals surface area contributed by atoms with E-state index in [2.05, 4.69) is 111 Å². The van der Waals surface area contributed by atoms with Gasteiger partial charge in [-0.25, -0.2) is 4.79 Å². The number of rotatable bonds is 45. The zero-order valence-electron chi connectivity index (χ0n) is 48.5. The quantitative estimate of drug-likeness (QED) is 0.0483. The second kappa shape index (κ2) is 42.2. The minimum Gasteiger partial charge on any atom is -0.374 e. The fraction of sp³-hybridized carbons (Fsp3) is 0.697. The van der Waals surface area contributed by atoms with Crippen LogP contribution in [0.15, 0.2) is 91.0 Å². The molecule has 428 valence electrons. The summed E-state index contributed by atoms with van der Waals surface area (Å²) in [6, 6.07) is 30.5. The number of nitrogens with one attached hydrogen (secondary N) is 3. The van der Waals surface area contributed by atoms with E-state index in [-0.39, 0.29) is 42.6 Å². The van der Waals surface area contributed by atoms with Gasteiger partial charge < -0.3 is 39.6 Å². The lowest BCUT2D eigenvalue weighted by molar-refractivity contribution is -0.262. The van der Waals surface area contributed by atoms with E-state index in [4.69, 9.17) is 23.7 Å². The Kier molecular flexibility index (Phi) is 35.9. The Balaban J connectivity index is 1.41. The van der Waals surface area contributed by atoms with E-state index in [1.807, 2.05) is 30.3 Å². The van der Waals surface area contributed by atoms with E-state index in [1.54, 1.807) is 0 Å². The molecule has 1 fully saturated rings. The summed E-state index contributed by atoms with van der Waals surface area (Å²) in [5.74, 6) is 0.755. The molecule has 0 aromatic heterocycles. The molecular formula is C66H107N3O7. The predicted octanol–water partition coefficient (Wildman–Crippen LogP) is 16.0. The minimum absolute atomic E-state index is 0.0177. The molecule has 0 spiro atoms. The molecule has 10 heteroatoms. The third kappa shape index (κ3) is 28.7. The summed E-state index contributed by atoms with van der Waals surface area (Å²) in [6.45, 7) is 14.8. The van der Waals surface area contributed by atoms with Crippen LogP contribution in [0.3, 0.4) is 0 Å². The minimum atomic E-state index is -0.483. The van der Waals surface area contributed by atoms with Gasteiger partial charge in [-0.15, -0.1) is 0 Å². The molecule has 3 N–H and O–H groups in total. The normalized spacial score (nSPS) is 18.7. The maximum Gasteiger partial charge on any atom is 0.314 e. The molecule has 0 saturated carbocycles. The Morgan fingerprint density at radius 3 is 1.50 bits per heavy atom. The zero-order chi connectivity index (χ0) is 54.1. The van der Waals surface area contributed by atoms with Crippen molar-refractivity contribution < 1.29 is 33.3 Å². The molecule has 0 aliphatic carbocycles. The van der Waals surface area contributed by atoms with E-state index in [0.717, 1.165) is 100 Å². The maximum absolute atomic E-state index is 14.2. The highest BCUT2D eigenvalue weighted by atomic mass is 16.7. The number of carbonyl (C=O) groups excluding carboxylic acids is 2. The van der Waals surface area contributed by atoms with Crippen molar-refractivity contribution in [3.63, 3.8) is 0 Å². The van der Waals surface area contributed by atoms with Gasteiger partial charge in [0.05, 0.1) is 51.3 Å². The van der Waals surface area contributed by atoms with Crippen LogP contribution in [0, 0.1) is 17.8 Å². The molecule has 1 saturated heterocycles. The third-order valence-corrected chi connectivity index (χ3v) is 15.8. The third-order valence-electron chi connectivity index (χ3n) is 15.8. The number of hydrogen-bond donors (Lipinski definition) is 3. The number of urea groups is 1. The number of carbonyl (C=O) groups is 2. The van der Waals surface area contributed by atoms with Gasteiger partial charge in [-0.3, -0.25) is 4.79 Å². The van der Waals surface area contributed by atoms with Crippen LogP contribution in [-0.2, 0) is 48.3 Å². The SMILES string of the molecule is CCCCCCCCCCCCCC[C@@H](OCc1ccccc1)[C@@H](OCc1ccccc1)[C@H](CO[C@H]1OC(COCc2ccccc2)[C@H](C)[C@H](C)C1C)NC(=O)CCCCCCCCCCCNC(=O)NCCCCC. The lowest BCUT2D eigenvalue weighted by Crippen LogP contribution is -2.54. The number of hydrogen-bond acceptors (Lipinski definition) is 7. The predicted molar refractivity (Wildman–Crippen MR) is 313 cm³/mol. The van der Waals surface area contributed by atoms with Crippen molar-refractivity contribution in [2.24, 2.45) is 17.8 Å². The van der Waals surface area contributed by atoms with Crippen LogP contribution in [0.5, 0.6) is 0 Å². The van der Waals surface area contributed by atoms with Crippen LogP contribution in [-0.4, -0.2) is 68.9 Å². The molecule has 3 aromatic rings. The molecule has 0 radical (unpaired) electrons. The second-order valence-electron chi connectivity index (χ2n) is 22.2. The second-order valence-corrected chi connectivity index (χ2v) is 22.2. The average Bonchev–Trinajstić information content (AvgIpc) is 3.44. The lowest BCUT2D eigenvalue weighted by Gasteiger charge is -2.44. The molecule has 3 aromatic carbocycles. The molecule has 1 aliphatic heterocycles. The van der Waals surface area contributed by atoms with Crippen LogP contribution < -0.4 is 16.0 Å². The summed E-state index contributed by atoms with van der Waals surface area (Å²) < 4.78 is 34.1. The summed E-state index contributed by atoms with van der Waals surface area (Å²) in [6.07, 6.45) is 28.4. The smallest absolute Gasteiger partial charge is 0.314 e. The van der Waals surface area contributed by atoms with Gasteiger partial charge in [-0.1, -0.05) is 260 Å². The Morgan fingerprint density at radius 1 is 0.513 bits per heavy atom. The van der Waals surface area contributed by atoms with Crippen molar-refractivity contribution in [1.29, 1.82) is 0 Å². The van der Waals surface area contributed by atoms with E-state index in [1.165, 1.54) is 89.9 Å². The highest BCUT2D eigenvalue weighted by molar-refractivity contribution is 5.76. The molecule has 4 rings (SSSR count). The van der Waals surface area contributed by atoms with E-state index in [9.17, 15) is 9.59 Å². The van der Waals surface area contributed by atoms with Crippen LogP contribution in [0.1, 0.15) is 218 Å². The number of unbranched alkanes of at least 4 members (excludes halogenated alkanes) is 21. The number of ether oxygens (including phenoxy) is 5. The molecular weight excluding hydrogens is 947 g/mol.